The van der Waals surface area contributed by atoms with Crippen LogP contribution in [-0.4, -0.2) is 10.1 Å². The fourth-order valence-electron chi connectivity index (χ4n) is 1.51. The molecule has 1 aromatic carbocycles. The van der Waals surface area contributed by atoms with Gasteiger partial charge in [0.05, 0.1) is 5.69 Å². The molecule has 0 radical (unpaired) electrons. The average molecular weight is 230 g/mol. The topological polar surface area (TPSA) is 68.4 Å². The van der Waals surface area contributed by atoms with E-state index in [0.717, 1.165) is 11.3 Å². The summed E-state index contributed by atoms with van der Waals surface area (Å²) in [6.07, 6.45) is 1.71. The summed E-state index contributed by atoms with van der Waals surface area (Å²) in [6, 6.07) is 10.4. The summed E-state index contributed by atoms with van der Waals surface area (Å²) in [5.74, 6) is 0.793. The number of aromatic hydroxyl groups is 1. The minimum absolute atomic E-state index is 0.183. The number of nitrogens with two attached hydrogens (primary N) is 1. The maximum atomic E-state index is 9.30. The van der Waals surface area contributed by atoms with Crippen molar-refractivity contribution in [1.82, 2.24) is 4.98 Å². The van der Waals surface area contributed by atoms with Gasteiger partial charge >= 0.3 is 0 Å². The number of nitrogens with zero attached hydrogens (tertiary/aromatic N) is 1. The lowest BCUT2D eigenvalue weighted by molar-refractivity contribution is 0.298. The molecule has 88 valence electrons. The van der Waals surface area contributed by atoms with Crippen molar-refractivity contribution in [3.8, 4) is 11.5 Å². The zero-order valence-electron chi connectivity index (χ0n) is 9.34. The third-order valence-corrected chi connectivity index (χ3v) is 2.40. The molecule has 0 aliphatic rings. The summed E-state index contributed by atoms with van der Waals surface area (Å²) in [4.78, 5) is 4.22. The minimum Gasteiger partial charge on any atom is -0.508 e. The lowest BCUT2D eigenvalue weighted by Gasteiger charge is -2.08. The number of phenolic OH excluding ortho intramolecular Hbond substituents is 1. The predicted molar refractivity (Wildman–Crippen MR) is 64.6 cm³/mol. The molecule has 0 saturated heterocycles. The summed E-state index contributed by atoms with van der Waals surface area (Å²) >= 11 is 0. The molecule has 2 rings (SSSR count). The van der Waals surface area contributed by atoms with Crippen LogP contribution in [0, 0.1) is 0 Å². The third kappa shape index (κ3) is 2.95. The van der Waals surface area contributed by atoms with Crippen molar-refractivity contribution < 1.29 is 9.84 Å². The number of rotatable bonds is 4. The van der Waals surface area contributed by atoms with Crippen LogP contribution < -0.4 is 10.5 Å². The number of ether oxygens (including phenoxy) is 1. The molecule has 0 bridgehead atoms. The van der Waals surface area contributed by atoms with E-state index >= 15 is 0 Å². The number of hydrogen-bond acceptors (Lipinski definition) is 4. The number of hydrogen-bond donors (Lipinski definition) is 2. The molecule has 2 aromatic rings. The molecule has 0 unspecified atom stereocenters. The Morgan fingerprint density at radius 3 is 2.88 bits per heavy atom. The van der Waals surface area contributed by atoms with E-state index in [2.05, 4.69) is 4.98 Å². The maximum absolute atomic E-state index is 9.30. The lowest BCUT2D eigenvalue weighted by Crippen LogP contribution is -2.06. The van der Waals surface area contributed by atoms with Gasteiger partial charge in [-0.2, -0.15) is 0 Å². The average Bonchev–Trinajstić information content (AvgIpc) is 2.37. The van der Waals surface area contributed by atoms with Gasteiger partial charge in [-0.1, -0.05) is 12.1 Å². The predicted octanol–water partition coefficient (Wildman–Crippen LogP) is 1.82. The Morgan fingerprint density at radius 2 is 2.12 bits per heavy atom. The number of pyridine rings is 1. The fraction of sp³-hybridized carbons (Fsp3) is 0.154. The highest BCUT2D eigenvalue weighted by Gasteiger charge is 2.03. The SMILES string of the molecule is NCc1cccnc1COc1cccc(O)c1. The van der Waals surface area contributed by atoms with E-state index in [1.54, 1.807) is 30.5 Å². The van der Waals surface area contributed by atoms with Gasteiger partial charge in [-0.05, 0) is 23.8 Å². The van der Waals surface area contributed by atoms with Crippen molar-refractivity contribution in [1.29, 1.82) is 0 Å². The number of phenols is 1. The van der Waals surface area contributed by atoms with Gasteiger partial charge in [0, 0.05) is 18.8 Å². The smallest absolute Gasteiger partial charge is 0.131 e. The van der Waals surface area contributed by atoms with E-state index in [4.69, 9.17) is 10.5 Å². The molecular formula is C13H14N2O2. The Morgan fingerprint density at radius 1 is 1.24 bits per heavy atom. The molecule has 0 saturated carbocycles. The van der Waals surface area contributed by atoms with Crippen LogP contribution in [0.3, 0.4) is 0 Å². The zero-order chi connectivity index (χ0) is 12.1. The van der Waals surface area contributed by atoms with Crippen molar-refractivity contribution in [2.24, 2.45) is 5.73 Å². The van der Waals surface area contributed by atoms with Gasteiger partial charge in [-0.15, -0.1) is 0 Å². The van der Waals surface area contributed by atoms with E-state index in [0.29, 0.717) is 18.9 Å². The van der Waals surface area contributed by atoms with E-state index < -0.39 is 0 Å². The Labute approximate surface area is 99.7 Å². The van der Waals surface area contributed by atoms with Crippen LogP contribution in [0.4, 0.5) is 0 Å². The van der Waals surface area contributed by atoms with Gasteiger partial charge in [0.1, 0.15) is 18.1 Å². The van der Waals surface area contributed by atoms with Gasteiger partial charge in [-0.25, -0.2) is 0 Å². The third-order valence-electron chi connectivity index (χ3n) is 2.40. The standard InChI is InChI=1S/C13H14N2O2/c14-8-10-3-2-6-15-13(10)9-17-12-5-1-4-11(16)7-12/h1-7,16H,8-9,14H2. The number of aromatic nitrogens is 1. The van der Waals surface area contributed by atoms with Gasteiger partial charge in [0.15, 0.2) is 0 Å². The van der Waals surface area contributed by atoms with Crippen LogP contribution >= 0.6 is 0 Å². The molecule has 0 aliphatic carbocycles. The summed E-state index contributed by atoms with van der Waals surface area (Å²) in [7, 11) is 0. The second kappa shape index (κ2) is 5.32. The van der Waals surface area contributed by atoms with Crippen LogP contribution in [0.5, 0.6) is 11.5 Å². The van der Waals surface area contributed by atoms with Crippen LogP contribution in [0.2, 0.25) is 0 Å². The van der Waals surface area contributed by atoms with E-state index in [-0.39, 0.29) is 5.75 Å². The van der Waals surface area contributed by atoms with Crippen molar-refractivity contribution in [3.63, 3.8) is 0 Å². The molecule has 3 N–H and O–H groups in total. The first-order valence-corrected chi connectivity index (χ1v) is 5.34. The molecule has 4 heteroatoms. The van der Waals surface area contributed by atoms with Crippen LogP contribution in [0.1, 0.15) is 11.3 Å². The van der Waals surface area contributed by atoms with Gasteiger partial charge in [0.25, 0.3) is 0 Å². The lowest BCUT2D eigenvalue weighted by atomic mass is 10.2. The summed E-state index contributed by atoms with van der Waals surface area (Å²) < 4.78 is 5.54. The second-order valence-corrected chi connectivity index (χ2v) is 3.60. The van der Waals surface area contributed by atoms with Gasteiger partial charge < -0.3 is 15.6 Å². The zero-order valence-corrected chi connectivity index (χ0v) is 9.34. The highest BCUT2D eigenvalue weighted by atomic mass is 16.5. The Bertz CT molecular complexity index is 500. The summed E-state index contributed by atoms with van der Waals surface area (Å²) in [6.45, 7) is 0.781. The number of benzene rings is 1. The van der Waals surface area contributed by atoms with Crippen molar-refractivity contribution in [2.75, 3.05) is 0 Å². The minimum atomic E-state index is 0.183. The van der Waals surface area contributed by atoms with Crippen molar-refractivity contribution >= 4 is 0 Å². The molecule has 1 heterocycles. The highest BCUT2D eigenvalue weighted by Crippen LogP contribution is 2.19. The van der Waals surface area contributed by atoms with E-state index in [9.17, 15) is 5.11 Å². The maximum Gasteiger partial charge on any atom is 0.131 e. The van der Waals surface area contributed by atoms with Gasteiger partial charge in [-0.3, -0.25) is 4.98 Å². The van der Waals surface area contributed by atoms with Gasteiger partial charge in [0.2, 0.25) is 0 Å². The van der Waals surface area contributed by atoms with Crippen LogP contribution in [-0.2, 0) is 13.2 Å². The molecule has 0 spiro atoms. The largest absolute Gasteiger partial charge is 0.508 e. The first kappa shape index (κ1) is 11.4. The Kier molecular flexibility index (Phi) is 3.57. The second-order valence-electron chi connectivity index (χ2n) is 3.60. The first-order valence-electron chi connectivity index (χ1n) is 5.34. The van der Waals surface area contributed by atoms with Crippen LogP contribution in [0.25, 0.3) is 0 Å². The highest BCUT2D eigenvalue weighted by molar-refractivity contribution is 5.32. The molecule has 0 atom stereocenters. The molecule has 17 heavy (non-hydrogen) atoms. The van der Waals surface area contributed by atoms with Crippen LogP contribution in [0.15, 0.2) is 42.6 Å². The van der Waals surface area contributed by atoms with E-state index in [1.807, 2.05) is 12.1 Å². The Balaban J connectivity index is 2.07. The fourth-order valence-corrected chi connectivity index (χ4v) is 1.51. The molecule has 0 fully saturated rings. The quantitative estimate of drug-likeness (QED) is 0.840. The van der Waals surface area contributed by atoms with Crippen molar-refractivity contribution in [3.05, 3.63) is 53.9 Å². The van der Waals surface area contributed by atoms with E-state index in [1.165, 1.54) is 0 Å². The molecule has 0 amide bonds. The summed E-state index contributed by atoms with van der Waals surface area (Å²) in [5.41, 5.74) is 7.39. The monoisotopic (exact) mass is 230 g/mol. The molecule has 0 aliphatic heterocycles. The normalized spacial score (nSPS) is 10.2. The summed E-state index contributed by atoms with van der Waals surface area (Å²) in [5, 5.41) is 9.30. The molecule has 1 aromatic heterocycles. The molecule has 4 nitrogen and oxygen atoms in total. The first-order chi connectivity index (χ1) is 8.29. The van der Waals surface area contributed by atoms with Crippen molar-refractivity contribution in [2.45, 2.75) is 13.2 Å². The molecular weight excluding hydrogens is 216 g/mol. The Hall–Kier alpha value is -2.07.